The summed E-state index contributed by atoms with van der Waals surface area (Å²) in [4.78, 5) is 14.8. The van der Waals surface area contributed by atoms with E-state index < -0.39 is 5.91 Å². The number of nitrogens with two attached hydrogens (primary N) is 1. The molecule has 2 N–H and O–H groups in total. The number of thiazole rings is 1. The second-order valence-corrected chi connectivity index (χ2v) is 5.14. The van der Waals surface area contributed by atoms with Gasteiger partial charge in [0, 0.05) is 5.38 Å². The summed E-state index contributed by atoms with van der Waals surface area (Å²) in [6.07, 6.45) is 0. The SMILES string of the molecule is NC(=O)c1nc(C#Cc2ccsc2Cl)cs1. The van der Waals surface area contributed by atoms with E-state index in [4.69, 9.17) is 17.3 Å². The van der Waals surface area contributed by atoms with Gasteiger partial charge in [-0.1, -0.05) is 17.5 Å². The summed E-state index contributed by atoms with van der Waals surface area (Å²) in [5.41, 5.74) is 6.38. The fourth-order valence-electron chi connectivity index (χ4n) is 0.957. The number of primary amides is 1. The maximum atomic E-state index is 10.8. The molecule has 0 atom stereocenters. The molecule has 0 aliphatic heterocycles. The summed E-state index contributed by atoms with van der Waals surface area (Å²) in [6, 6.07) is 1.83. The number of amides is 1. The highest BCUT2D eigenvalue weighted by atomic mass is 35.5. The van der Waals surface area contributed by atoms with Gasteiger partial charge < -0.3 is 5.73 Å². The van der Waals surface area contributed by atoms with E-state index in [0.717, 1.165) is 5.56 Å². The highest BCUT2D eigenvalue weighted by Gasteiger charge is 2.05. The van der Waals surface area contributed by atoms with E-state index in [-0.39, 0.29) is 5.01 Å². The van der Waals surface area contributed by atoms with Crippen LogP contribution in [0.2, 0.25) is 4.34 Å². The smallest absolute Gasteiger partial charge is 0.277 e. The molecule has 0 radical (unpaired) electrons. The molecule has 0 aliphatic rings. The van der Waals surface area contributed by atoms with Gasteiger partial charge in [-0.3, -0.25) is 4.79 Å². The van der Waals surface area contributed by atoms with E-state index in [9.17, 15) is 4.79 Å². The Morgan fingerprint density at radius 1 is 1.44 bits per heavy atom. The summed E-state index contributed by atoms with van der Waals surface area (Å²) >= 11 is 8.49. The lowest BCUT2D eigenvalue weighted by Gasteiger charge is -1.82. The second kappa shape index (κ2) is 4.66. The number of thiophene rings is 1. The molecular weight excluding hydrogens is 264 g/mol. The van der Waals surface area contributed by atoms with Crippen molar-refractivity contribution >= 4 is 40.2 Å². The monoisotopic (exact) mass is 268 g/mol. The molecule has 80 valence electrons. The number of halogens is 1. The summed E-state index contributed by atoms with van der Waals surface area (Å²) in [7, 11) is 0. The zero-order chi connectivity index (χ0) is 11.5. The Morgan fingerprint density at radius 3 is 2.81 bits per heavy atom. The minimum Gasteiger partial charge on any atom is -0.364 e. The van der Waals surface area contributed by atoms with Gasteiger partial charge in [0.2, 0.25) is 0 Å². The number of rotatable bonds is 1. The van der Waals surface area contributed by atoms with Crippen LogP contribution in [0.4, 0.5) is 0 Å². The fourth-order valence-corrected chi connectivity index (χ4v) is 2.39. The quantitative estimate of drug-likeness (QED) is 0.807. The fraction of sp³-hybridized carbons (Fsp3) is 0. The Morgan fingerprint density at radius 2 is 2.25 bits per heavy atom. The van der Waals surface area contributed by atoms with Crippen molar-refractivity contribution in [3.05, 3.63) is 37.4 Å². The molecule has 0 saturated carbocycles. The van der Waals surface area contributed by atoms with Crippen molar-refractivity contribution in [1.82, 2.24) is 4.98 Å². The first-order valence-electron chi connectivity index (χ1n) is 4.17. The Labute approximate surface area is 105 Å². The first-order chi connectivity index (χ1) is 7.66. The molecule has 0 bridgehead atoms. The van der Waals surface area contributed by atoms with Gasteiger partial charge in [-0.15, -0.1) is 22.7 Å². The lowest BCUT2D eigenvalue weighted by molar-refractivity contribution is 0.1000. The lowest BCUT2D eigenvalue weighted by Crippen LogP contribution is -2.10. The Kier molecular flexibility index (Phi) is 3.25. The van der Waals surface area contributed by atoms with Crippen molar-refractivity contribution in [1.29, 1.82) is 0 Å². The number of carbonyl (C=O) groups is 1. The van der Waals surface area contributed by atoms with Crippen LogP contribution in [0.3, 0.4) is 0 Å². The zero-order valence-corrected chi connectivity index (χ0v) is 10.2. The molecule has 16 heavy (non-hydrogen) atoms. The average molecular weight is 269 g/mol. The van der Waals surface area contributed by atoms with E-state index in [1.807, 2.05) is 11.4 Å². The Bertz CT molecular complexity index is 591. The van der Waals surface area contributed by atoms with Crippen LogP contribution in [0.5, 0.6) is 0 Å². The number of hydrogen-bond acceptors (Lipinski definition) is 4. The third-order valence-electron chi connectivity index (χ3n) is 1.66. The highest BCUT2D eigenvalue weighted by molar-refractivity contribution is 7.14. The molecule has 0 unspecified atom stereocenters. The van der Waals surface area contributed by atoms with E-state index in [2.05, 4.69) is 16.8 Å². The molecule has 2 rings (SSSR count). The Hall–Kier alpha value is -1.35. The van der Waals surface area contributed by atoms with E-state index in [0.29, 0.717) is 10.0 Å². The van der Waals surface area contributed by atoms with Crippen molar-refractivity contribution in [3.63, 3.8) is 0 Å². The zero-order valence-electron chi connectivity index (χ0n) is 7.86. The van der Waals surface area contributed by atoms with Crippen LogP contribution in [0.25, 0.3) is 0 Å². The maximum Gasteiger partial charge on any atom is 0.277 e. The molecule has 3 nitrogen and oxygen atoms in total. The highest BCUT2D eigenvalue weighted by Crippen LogP contribution is 2.21. The average Bonchev–Trinajstić information content (AvgIpc) is 2.83. The second-order valence-electron chi connectivity index (χ2n) is 2.76. The van der Waals surface area contributed by atoms with Crippen LogP contribution in [-0.2, 0) is 0 Å². The molecule has 2 heterocycles. The van der Waals surface area contributed by atoms with Gasteiger partial charge in [0.25, 0.3) is 5.91 Å². The molecule has 2 aromatic rings. The van der Waals surface area contributed by atoms with Crippen LogP contribution in [0.15, 0.2) is 16.8 Å². The van der Waals surface area contributed by atoms with Gasteiger partial charge >= 0.3 is 0 Å². The Balaban J connectivity index is 2.24. The van der Waals surface area contributed by atoms with Crippen LogP contribution >= 0.6 is 34.3 Å². The van der Waals surface area contributed by atoms with Crippen molar-refractivity contribution < 1.29 is 4.79 Å². The maximum absolute atomic E-state index is 10.8. The number of hydrogen-bond donors (Lipinski definition) is 1. The molecule has 0 saturated heterocycles. The van der Waals surface area contributed by atoms with Crippen LogP contribution in [-0.4, -0.2) is 10.9 Å². The van der Waals surface area contributed by atoms with Crippen LogP contribution in [0, 0.1) is 11.8 Å². The largest absolute Gasteiger partial charge is 0.364 e. The van der Waals surface area contributed by atoms with E-state index in [1.54, 1.807) is 5.38 Å². The first kappa shape index (κ1) is 11.1. The predicted octanol–water partition coefficient (Wildman–Crippen LogP) is 2.36. The van der Waals surface area contributed by atoms with Crippen molar-refractivity contribution in [2.24, 2.45) is 5.73 Å². The molecule has 0 aromatic carbocycles. The number of carbonyl (C=O) groups excluding carboxylic acids is 1. The van der Waals surface area contributed by atoms with Gasteiger partial charge in [-0.2, -0.15) is 0 Å². The topological polar surface area (TPSA) is 56.0 Å². The number of nitrogens with zero attached hydrogens (tertiary/aromatic N) is 1. The van der Waals surface area contributed by atoms with Crippen molar-refractivity contribution in [3.8, 4) is 11.8 Å². The normalized spacial score (nSPS) is 9.56. The minimum absolute atomic E-state index is 0.265. The third-order valence-corrected chi connectivity index (χ3v) is 3.68. The molecular formula is C10H5ClN2OS2. The lowest BCUT2D eigenvalue weighted by atomic mass is 10.3. The first-order valence-corrected chi connectivity index (χ1v) is 6.31. The molecule has 6 heteroatoms. The van der Waals surface area contributed by atoms with Crippen molar-refractivity contribution in [2.75, 3.05) is 0 Å². The van der Waals surface area contributed by atoms with E-state index >= 15 is 0 Å². The third kappa shape index (κ3) is 2.42. The molecule has 2 aromatic heterocycles. The summed E-state index contributed by atoms with van der Waals surface area (Å²) in [6.45, 7) is 0. The standard InChI is InChI=1S/C10H5ClN2OS2/c11-8-6(3-4-15-8)1-2-7-5-16-10(13-7)9(12)14/h3-5H,(H2,12,14). The summed E-state index contributed by atoms with van der Waals surface area (Å²) in [5.74, 6) is 5.17. The number of aromatic nitrogens is 1. The summed E-state index contributed by atoms with van der Waals surface area (Å²) in [5, 5.41) is 3.82. The molecule has 0 aliphatic carbocycles. The van der Waals surface area contributed by atoms with Gasteiger partial charge in [0.1, 0.15) is 10.0 Å². The van der Waals surface area contributed by atoms with Crippen molar-refractivity contribution in [2.45, 2.75) is 0 Å². The van der Waals surface area contributed by atoms with Gasteiger partial charge in [0.05, 0.1) is 5.56 Å². The molecule has 0 fully saturated rings. The van der Waals surface area contributed by atoms with Gasteiger partial charge in [-0.05, 0) is 17.4 Å². The predicted molar refractivity (Wildman–Crippen MR) is 65.9 cm³/mol. The van der Waals surface area contributed by atoms with Crippen LogP contribution in [0.1, 0.15) is 21.1 Å². The van der Waals surface area contributed by atoms with Gasteiger partial charge in [0.15, 0.2) is 5.01 Å². The summed E-state index contributed by atoms with van der Waals surface area (Å²) < 4.78 is 0.651. The van der Waals surface area contributed by atoms with E-state index in [1.165, 1.54) is 22.7 Å². The molecule has 1 amide bonds. The molecule has 0 spiro atoms. The van der Waals surface area contributed by atoms with Crippen LogP contribution < -0.4 is 5.73 Å². The van der Waals surface area contributed by atoms with Gasteiger partial charge in [-0.25, -0.2) is 4.98 Å². The minimum atomic E-state index is -0.536.